The minimum Gasteiger partial charge on any atom is -0.461 e. The third kappa shape index (κ3) is 4.28. The largest absolute Gasteiger partial charge is 0.461 e. The van der Waals surface area contributed by atoms with Crippen LogP contribution in [0.5, 0.6) is 6.01 Å². The van der Waals surface area contributed by atoms with Gasteiger partial charge < -0.3 is 30.4 Å². The number of aromatic amines is 1. The lowest BCUT2D eigenvalue weighted by Gasteiger charge is -2.24. The number of nitrogens with zero attached hydrogens (tertiary/aromatic N) is 3. The highest BCUT2D eigenvalue weighted by Crippen LogP contribution is 2.25. The first-order valence-corrected chi connectivity index (χ1v) is 9.84. The molecule has 2 aliphatic heterocycles. The van der Waals surface area contributed by atoms with Gasteiger partial charge in [0.25, 0.3) is 0 Å². The fourth-order valence-corrected chi connectivity index (χ4v) is 3.72. The number of H-pyrrole nitrogens is 1. The van der Waals surface area contributed by atoms with Gasteiger partial charge in [-0.3, -0.25) is 0 Å². The Labute approximate surface area is 164 Å². The number of nitrogens with one attached hydrogen (secondary N) is 2. The second-order valence-electron chi connectivity index (χ2n) is 7.31. The molecule has 1 atom stereocenters. The zero-order chi connectivity index (χ0) is 19.3. The molecule has 4 rings (SSSR count). The molecule has 4 heterocycles. The minimum atomic E-state index is 0.278. The molecule has 0 amide bonds. The van der Waals surface area contributed by atoms with Crippen molar-refractivity contribution in [3.63, 3.8) is 0 Å². The third-order valence-electron chi connectivity index (χ3n) is 5.20. The van der Waals surface area contributed by atoms with Crippen molar-refractivity contribution in [3.8, 4) is 6.01 Å². The van der Waals surface area contributed by atoms with Gasteiger partial charge in [-0.15, -0.1) is 0 Å². The Morgan fingerprint density at radius 3 is 2.86 bits per heavy atom. The molecule has 28 heavy (non-hydrogen) atoms. The van der Waals surface area contributed by atoms with Crippen molar-refractivity contribution in [1.29, 1.82) is 0 Å². The van der Waals surface area contributed by atoms with Crippen molar-refractivity contribution >= 4 is 16.9 Å². The normalized spacial score (nSPS) is 19.8. The monoisotopic (exact) mass is 384 g/mol. The molecule has 8 heteroatoms. The molecule has 150 valence electrons. The number of allylic oxidation sites excluding steroid dienone is 2. The highest BCUT2D eigenvalue weighted by Gasteiger charge is 2.18. The van der Waals surface area contributed by atoms with Gasteiger partial charge in [0, 0.05) is 38.0 Å². The number of nitrogens with two attached hydrogens (primary N) is 1. The fourth-order valence-electron chi connectivity index (χ4n) is 3.72. The van der Waals surface area contributed by atoms with Gasteiger partial charge >= 0.3 is 6.01 Å². The summed E-state index contributed by atoms with van der Waals surface area (Å²) in [6, 6.07) is 0.656. The molecule has 2 aromatic rings. The first-order valence-electron chi connectivity index (χ1n) is 9.84. The zero-order valence-electron chi connectivity index (χ0n) is 16.3. The van der Waals surface area contributed by atoms with Crippen LogP contribution in [0.3, 0.4) is 0 Å². The van der Waals surface area contributed by atoms with E-state index in [0.717, 1.165) is 29.6 Å². The predicted molar refractivity (Wildman–Crippen MR) is 109 cm³/mol. The van der Waals surface area contributed by atoms with Crippen LogP contribution in [0.2, 0.25) is 0 Å². The Morgan fingerprint density at radius 2 is 2.11 bits per heavy atom. The summed E-state index contributed by atoms with van der Waals surface area (Å²) >= 11 is 0. The maximum atomic E-state index is 6.06. The van der Waals surface area contributed by atoms with E-state index >= 15 is 0 Å². The number of dihydropyridines is 1. The zero-order valence-corrected chi connectivity index (χ0v) is 16.3. The summed E-state index contributed by atoms with van der Waals surface area (Å²) < 4.78 is 10.5. The van der Waals surface area contributed by atoms with Gasteiger partial charge in [-0.25, -0.2) is 0 Å². The van der Waals surface area contributed by atoms with E-state index in [4.69, 9.17) is 15.2 Å². The topological polar surface area (TPSA) is 101 Å². The smallest absolute Gasteiger partial charge is 0.319 e. The molecule has 0 aromatic carbocycles. The summed E-state index contributed by atoms with van der Waals surface area (Å²) in [6.07, 6.45) is 11.9. The van der Waals surface area contributed by atoms with Crippen LogP contribution in [-0.4, -0.2) is 65.9 Å². The van der Waals surface area contributed by atoms with E-state index in [9.17, 15) is 0 Å². The summed E-state index contributed by atoms with van der Waals surface area (Å²) in [5, 5.41) is 3.52. The minimum absolute atomic E-state index is 0.278. The van der Waals surface area contributed by atoms with Gasteiger partial charge in [-0.05, 0) is 31.5 Å². The van der Waals surface area contributed by atoms with E-state index in [-0.39, 0.29) is 6.01 Å². The summed E-state index contributed by atoms with van der Waals surface area (Å²) in [6.45, 7) is 4.36. The van der Waals surface area contributed by atoms with Crippen molar-refractivity contribution in [2.24, 2.45) is 0 Å². The average molecular weight is 384 g/mol. The fraction of sp³-hybridized carbons (Fsp3) is 0.500. The van der Waals surface area contributed by atoms with Crippen LogP contribution >= 0.6 is 0 Å². The van der Waals surface area contributed by atoms with E-state index in [1.807, 2.05) is 6.20 Å². The van der Waals surface area contributed by atoms with E-state index < -0.39 is 0 Å². The highest BCUT2D eigenvalue weighted by atomic mass is 16.5. The van der Waals surface area contributed by atoms with Crippen LogP contribution in [0.15, 0.2) is 30.1 Å². The molecule has 0 radical (unpaired) electrons. The number of hydrogen-bond acceptors (Lipinski definition) is 7. The molecule has 0 bridgehead atoms. The predicted octanol–water partition coefficient (Wildman–Crippen LogP) is 1.62. The van der Waals surface area contributed by atoms with Gasteiger partial charge in [0.1, 0.15) is 17.6 Å². The molecule has 0 aliphatic carbocycles. The molecular formula is C20H28N6O2. The standard InChI is InChI=1S/C20H28N6O2/c1-27-8-9-28-20-24-17-15(12-23-18(17)19(21)25-20)10-14-4-5-16(22-11-14)13-26-6-2-3-7-26/h4-5,11-12,16,22-23H,2-3,6-10,13H2,1H3,(H2,21,24,25). The maximum Gasteiger partial charge on any atom is 0.319 e. The van der Waals surface area contributed by atoms with Crippen LogP contribution in [0.25, 0.3) is 11.0 Å². The molecule has 4 N–H and O–H groups in total. The molecule has 1 unspecified atom stereocenters. The first kappa shape index (κ1) is 18.8. The van der Waals surface area contributed by atoms with Crippen molar-refractivity contribution in [2.75, 3.05) is 45.7 Å². The Hall–Kier alpha value is -2.58. The molecular weight excluding hydrogens is 356 g/mol. The highest BCUT2D eigenvalue weighted by molar-refractivity contribution is 5.87. The number of methoxy groups -OCH3 is 1. The van der Waals surface area contributed by atoms with Crippen molar-refractivity contribution in [2.45, 2.75) is 25.3 Å². The van der Waals surface area contributed by atoms with Crippen molar-refractivity contribution in [3.05, 3.63) is 35.7 Å². The molecule has 8 nitrogen and oxygen atoms in total. The summed E-state index contributed by atoms with van der Waals surface area (Å²) in [4.78, 5) is 14.5. The van der Waals surface area contributed by atoms with Crippen molar-refractivity contribution in [1.82, 2.24) is 25.2 Å². The van der Waals surface area contributed by atoms with Gasteiger partial charge in [0.2, 0.25) is 0 Å². The van der Waals surface area contributed by atoms with E-state index in [1.54, 1.807) is 7.11 Å². The number of rotatable bonds is 8. The van der Waals surface area contributed by atoms with E-state index in [1.165, 1.54) is 31.5 Å². The van der Waals surface area contributed by atoms with Crippen LogP contribution in [-0.2, 0) is 11.2 Å². The van der Waals surface area contributed by atoms with Crippen molar-refractivity contribution < 1.29 is 9.47 Å². The SMILES string of the molecule is COCCOc1nc(N)c2[nH]cc(CC3=CNC(CN4CCCC4)C=C3)c2n1. The molecule has 1 fully saturated rings. The summed E-state index contributed by atoms with van der Waals surface area (Å²) in [5.41, 5.74) is 9.88. The summed E-state index contributed by atoms with van der Waals surface area (Å²) in [5.74, 6) is 0.389. The Kier molecular flexibility index (Phi) is 5.78. The average Bonchev–Trinajstić information content (AvgIpc) is 3.34. The number of fused-ring (bicyclic) bond motifs is 1. The van der Waals surface area contributed by atoms with Crippen LogP contribution in [0, 0.1) is 0 Å². The van der Waals surface area contributed by atoms with Crippen LogP contribution in [0.4, 0.5) is 5.82 Å². The molecule has 0 saturated carbocycles. The number of anilines is 1. The quantitative estimate of drug-likeness (QED) is 0.595. The first-order chi connectivity index (χ1) is 13.7. The second kappa shape index (κ2) is 8.62. The Bertz CT molecular complexity index is 869. The van der Waals surface area contributed by atoms with Gasteiger partial charge in [-0.1, -0.05) is 12.2 Å². The summed E-state index contributed by atoms with van der Waals surface area (Å²) in [7, 11) is 1.63. The number of aromatic nitrogens is 3. The molecule has 1 saturated heterocycles. The lowest BCUT2D eigenvalue weighted by Crippen LogP contribution is -2.37. The van der Waals surface area contributed by atoms with Gasteiger partial charge in [0.15, 0.2) is 5.82 Å². The molecule has 2 aliphatic rings. The Morgan fingerprint density at radius 1 is 1.25 bits per heavy atom. The number of hydrogen-bond donors (Lipinski definition) is 3. The van der Waals surface area contributed by atoms with Gasteiger partial charge in [-0.2, -0.15) is 9.97 Å². The maximum absolute atomic E-state index is 6.06. The van der Waals surface area contributed by atoms with Crippen LogP contribution in [0.1, 0.15) is 18.4 Å². The lowest BCUT2D eigenvalue weighted by molar-refractivity contribution is 0.141. The van der Waals surface area contributed by atoms with Crippen LogP contribution < -0.4 is 15.8 Å². The number of likely N-dealkylation sites (tertiary alicyclic amines) is 1. The Balaban J connectivity index is 1.43. The lowest BCUT2D eigenvalue weighted by atomic mass is 10.0. The molecule has 2 aromatic heterocycles. The van der Waals surface area contributed by atoms with E-state index in [0.29, 0.717) is 25.1 Å². The van der Waals surface area contributed by atoms with Gasteiger partial charge in [0.05, 0.1) is 12.6 Å². The second-order valence-corrected chi connectivity index (χ2v) is 7.31. The number of nitrogen functional groups attached to an aromatic ring is 1. The molecule has 0 spiro atoms. The number of ether oxygens (including phenoxy) is 2. The van der Waals surface area contributed by atoms with E-state index in [2.05, 4.69) is 43.5 Å². The third-order valence-corrected chi connectivity index (χ3v) is 5.20.